The van der Waals surface area contributed by atoms with Gasteiger partial charge in [0, 0.05) is 44.1 Å². The molecule has 8 heteroatoms. The Balaban J connectivity index is 1.54. The summed E-state index contributed by atoms with van der Waals surface area (Å²) in [5.74, 6) is 0.242. The number of hydrogen-bond acceptors (Lipinski definition) is 6. The number of amides is 2. The SMILES string of the molecule is COC(=O)C1=C(CN2CCN(c3cccc(C)c3C)CC2)NC(=O)N[C@@H]1c1ccc(OC)cc1. The van der Waals surface area contributed by atoms with Crippen molar-refractivity contribution < 1.29 is 19.1 Å². The first-order valence-electron chi connectivity index (χ1n) is 11.5. The van der Waals surface area contributed by atoms with Crippen LogP contribution in [0.4, 0.5) is 10.5 Å². The Morgan fingerprint density at radius 3 is 2.38 bits per heavy atom. The smallest absolute Gasteiger partial charge is 0.338 e. The van der Waals surface area contributed by atoms with E-state index >= 15 is 0 Å². The molecule has 8 nitrogen and oxygen atoms in total. The molecule has 0 radical (unpaired) electrons. The molecular formula is C26H32N4O4. The number of nitrogens with one attached hydrogen (secondary N) is 2. The van der Waals surface area contributed by atoms with Gasteiger partial charge >= 0.3 is 12.0 Å². The highest BCUT2D eigenvalue weighted by Gasteiger charge is 2.34. The summed E-state index contributed by atoms with van der Waals surface area (Å²) in [5, 5.41) is 5.73. The number of rotatable bonds is 6. The minimum absolute atomic E-state index is 0.336. The van der Waals surface area contributed by atoms with Crippen LogP contribution in [0.1, 0.15) is 22.7 Å². The van der Waals surface area contributed by atoms with Crippen molar-refractivity contribution >= 4 is 17.7 Å². The number of urea groups is 1. The lowest BCUT2D eigenvalue weighted by atomic mass is 9.95. The monoisotopic (exact) mass is 464 g/mol. The minimum atomic E-state index is -0.599. The Bertz CT molecular complexity index is 1090. The van der Waals surface area contributed by atoms with Gasteiger partial charge in [-0.3, -0.25) is 4.90 Å². The zero-order valence-corrected chi connectivity index (χ0v) is 20.2. The zero-order valence-electron chi connectivity index (χ0n) is 20.2. The molecule has 0 aliphatic carbocycles. The molecule has 0 spiro atoms. The van der Waals surface area contributed by atoms with E-state index in [1.165, 1.54) is 23.9 Å². The van der Waals surface area contributed by atoms with Gasteiger partial charge in [0.2, 0.25) is 0 Å². The summed E-state index contributed by atoms with van der Waals surface area (Å²) < 4.78 is 10.3. The van der Waals surface area contributed by atoms with Gasteiger partial charge in [-0.1, -0.05) is 24.3 Å². The van der Waals surface area contributed by atoms with Gasteiger partial charge in [0.15, 0.2) is 0 Å². The normalized spacial score (nSPS) is 18.9. The van der Waals surface area contributed by atoms with Crippen LogP contribution in [0.15, 0.2) is 53.7 Å². The average Bonchev–Trinajstić information content (AvgIpc) is 2.85. The van der Waals surface area contributed by atoms with E-state index < -0.39 is 12.0 Å². The number of ether oxygens (including phenoxy) is 2. The molecule has 4 rings (SSSR count). The largest absolute Gasteiger partial charge is 0.497 e. The molecule has 0 unspecified atom stereocenters. The van der Waals surface area contributed by atoms with E-state index in [4.69, 9.17) is 9.47 Å². The molecular weight excluding hydrogens is 432 g/mol. The number of aryl methyl sites for hydroxylation is 1. The van der Waals surface area contributed by atoms with E-state index in [1.54, 1.807) is 7.11 Å². The van der Waals surface area contributed by atoms with E-state index in [9.17, 15) is 9.59 Å². The van der Waals surface area contributed by atoms with Gasteiger partial charge in [-0.05, 0) is 48.7 Å². The van der Waals surface area contributed by atoms with E-state index in [0.29, 0.717) is 23.6 Å². The molecule has 2 N–H and O–H groups in total. The molecule has 2 aromatic carbocycles. The van der Waals surface area contributed by atoms with Crippen LogP contribution in [0.5, 0.6) is 5.75 Å². The third kappa shape index (κ3) is 4.87. The fraction of sp³-hybridized carbons (Fsp3) is 0.385. The van der Waals surface area contributed by atoms with Crippen molar-refractivity contribution in [1.29, 1.82) is 0 Å². The van der Waals surface area contributed by atoms with Gasteiger partial charge < -0.3 is 25.0 Å². The molecule has 2 amide bonds. The number of carbonyl (C=O) groups excluding carboxylic acids is 2. The van der Waals surface area contributed by atoms with Gasteiger partial charge in [-0.2, -0.15) is 0 Å². The Kier molecular flexibility index (Phi) is 7.07. The van der Waals surface area contributed by atoms with Gasteiger partial charge in [-0.15, -0.1) is 0 Å². The van der Waals surface area contributed by atoms with Crippen molar-refractivity contribution in [3.8, 4) is 5.75 Å². The lowest BCUT2D eigenvalue weighted by Gasteiger charge is -2.38. The molecule has 1 fully saturated rings. The predicted octanol–water partition coefficient (Wildman–Crippen LogP) is 2.92. The number of esters is 1. The van der Waals surface area contributed by atoms with E-state index in [2.05, 4.69) is 52.5 Å². The fourth-order valence-corrected chi connectivity index (χ4v) is 4.59. The number of benzene rings is 2. The molecule has 2 heterocycles. The first-order chi connectivity index (χ1) is 16.4. The molecule has 180 valence electrons. The predicted molar refractivity (Wildman–Crippen MR) is 131 cm³/mol. The number of anilines is 1. The topological polar surface area (TPSA) is 83.1 Å². The molecule has 2 aromatic rings. The molecule has 1 atom stereocenters. The number of nitrogens with zero attached hydrogens (tertiary/aromatic N) is 2. The highest BCUT2D eigenvalue weighted by molar-refractivity contribution is 5.95. The lowest BCUT2D eigenvalue weighted by Crippen LogP contribution is -2.51. The van der Waals surface area contributed by atoms with Crippen LogP contribution in [0.3, 0.4) is 0 Å². The Hall–Kier alpha value is -3.52. The maximum Gasteiger partial charge on any atom is 0.338 e. The van der Waals surface area contributed by atoms with Crippen LogP contribution in [0, 0.1) is 13.8 Å². The lowest BCUT2D eigenvalue weighted by molar-refractivity contribution is -0.136. The summed E-state index contributed by atoms with van der Waals surface area (Å²) >= 11 is 0. The van der Waals surface area contributed by atoms with Crippen LogP contribution in [0.2, 0.25) is 0 Å². The van der Waals surface area contributed by atoms with Crippen molar-refractivity contribution in [3.05, 3.63) is 70.4 Å². The van der Waals surface area contributed by atoms with Crippen LogP contribution in [-0.4, -0.2) is 63.8 Å². The van der Waals surface area contributed by atoms with Crippen LogP contribution >= 0.6 is 0 Å². The summed E-state index contributed by atoms with van der Waals surface area (Å²) in [6.45, 7) is 8.15. The van der Waals surface area contributed by atoms with Crippen LogP contribution in [-0.2, 0) is 9.53 Å². The van der Waals surface area contributed by atoms with Crippen molar-refractivity contribution in [1.82, 2.24) is 15.5 Å². The second-order valence-electron chi connectivity index (χ2n) is 8.67. The molecule has 1 saturated heterocycles. The quantitative estimate of drug-likeness (QED) is 0.640. The molecule has 0 saturated carbocycles. The number of hydrogen-bond donors (Lipinski definition) is 2. The second kappa shape index (κ2) is 10.2. The van der Waals surface area contributed by atoms with Gasteiger partial charge in [-0.25, -0.2) is 9.59 Å². The summed E-state index contributed by atoms with van der Waals surface area (Å²) in [6.07, 6.45) is 0. The Morgan fingerprint density at radius 1 is 1.03 bits per heavy atom. The van der Waals surface area contributed by atoms with Crippen molar-refractivity contribution in [2.45, 2.75) is 19.9 Å². The maximum atomic E-state index is 12.8. The molecule has 0 bridgehead atoms. The third-order valence-electron chi connectivity index (χ3n) is 6.68. The van der Waals surface area contributed by atoms with Gasteiger partial charge in [0.25, 0.3) is 0 Å². The van der Waals surface area contributed by atoms with Crippen molar-refractivity contribution in [3.63, 3.8) is 0 Å². The number of carbonyl (C=O) groups is 2. The standard InChI is InChI=1S/C26H32N4O4/c1-17-6-5-7-22(18(17)2)30-14-12-29(13-15-30)16-21-23(25(31)34-4)24(28-26(32)27-21)19-8-10-20(33-3)11-9-19/h5-11,24H,12-16H2,1-4H3,(H2,27,28,32)/t24-/m1/s1. The van der Waals surface area contributed by atoms with Gasteiger partial charge in [0.1, 0.15) is 5.75 Å². The van der Waals surface area contributed by atoms with Gasteiger partial charge in [0.05, 0.1) is 25.8 Å². The van der Waals surface area contributed by atoms with Crippen LogP contribution < -0.4 is 20.3 Å². The summed E-state index contributed by atoms with van der Waals surface area (Å²) in [7, 11) is 2.95. The number of piperazine rings is 1. The van der Waals surface area contributed by atoms with Crippen molar-refractivity contribution in [2.75, 3.05) is 51.8 Å². The molecule has 2 aliphatic rings. The molecule has 2 aliphatic heterocycles. The third-order valence-corrected chi connectivity index (χ3v) is 6.68. The first kappa shape index (κ1) is 23.6. The van der Waals surface area contributed by atoms with E-state index in [-0.39, 0.29) is 6.03 Å². The highest BCUT2D eigenvalue weighted by atomic mass is 16.5. The number of methoxy groups -OCH3 is 2. The second-order valence-corrected chi connectivity index (χ2v) is 8.67. The highest BCUT2D eigenvalue weighted by Crippen LogP contribution is 2.30. The molecule has 34 heavy (non-hydrogen) atoms. The Morgan fingerprint density at radius 2 is 1.74 bits per heavy atom. The average molecular weight is 465 g/mol. The van der Waals surface area contributed by atoms with Crippen LogP contribution in [0.25, 0.3) is 0 Å². The Labute approximate surface area is 200 Å². The fourth-order valence-electron chi connectivity index (χ4n) is 4.59. The van der Waals surface area contributed by atoms with E-state index in [0.717, 1.165) is 31.7 Å². The minimum Gasteiger partial charge on any atom is -0.497 e. The zero-order chi connectivity index (χ0) is 24.2. The summed E-state index contributed by atoms with van der Waals surface area (Å²) in [5.41, 5.74) is 5.65. The molecule has 0 aromatic heterocycles. The summed E-state index contributed by atoms with van der Waals surface area (Å²) in [4.78, 5) is 30.0. The maximum absolute atomic E-state index is 12.8. The summed E-state index contributed by atoms with van der Waals surface area (Å²) in [6, 6.07) is 12.8. The van der Waals surface area contributed by atoms with E-state index in [1.807, 2.05) is 24.3 Å². The van der Waals surface area contributed by atoms with Crippen molar-refractivity contribution in [2.24, 2.45) is 0 Å². The first-order valence-corrected chi connectivity index (χ1v) is 11.5.